The summed E-state index contributed by atoms with van der Waals surface area (Å²) in [6, 6.07) is 15.0. The maximum absolute atomic E-state index is 13.4. The van der Waals surface area contributed by atoms with Gasteiger partial charge in [0, 0.05) is 30.1 Å². The summed E-state index contributed by atoms with van der Waals surface area (Å²) in [7, 11) is 1.24. The van der Waals surface area contributed by atoms with Crippen molar-refractivity contribution in [3.05, 3.63) is 106 Å². The summed E-state index contributed by atoms with van der Waals surface area (Å²) in [5.74, 6) is -1.54. The van der Waals surface area contributed by atoms with Crippen LogP contribution in [0, 0.1) is 0 Å². The van der Waals surface area contributed by atoms with E-state index in [9.17, 15) is 35.9 Å². The molecule has 0 aliphatic rings. The van der Waals surface area contributed by atoms with Crippen molar-refractivity contribution in [3.63, 3.8) is 0 Å². The number of carbonyl (C=O) groups excluding carboxylic acids is 2. The molecular formula is C28H25ClF6N2O2. The van der Waals surface area contributed by atoms with Crippen molar-refractivity contribution in [2.45, 2.75) is 44.2 Å². The Balaban J connectivity index is 1.91. The number of halogens is 7. The van der Waals surface area contributed by atoms with E-state index in [0.29, 0.717) is 22.7 Å². The second-order valence-electron chi connectivity index (χ2n) is 9.10. The molecule has 2 atom stereocenters. The van der Waals surface area contributed by atoms with Crippen LogP contribution in [-0.2, 0) is 23.6 Å². The zero-order valence-corrected chi connectivity index (χ0v) is 21.7. The minimum atomic E-state index is -5.11. The molecule has 3 aromatic rings. The zero-order chi connectivity index (χ0) is 29.0. The first-order valence-electron chi connectivity index (χ1n) is 11.8. The lowest BCUT2D eigenvalue weighted by Gasteiger charge is -2.29. The maximum Gasteiger partial charge on any atom is 0.416 e. The summed E-state index contributed by atoms with van der Waals surface area (Å²) in [6.45, 7) is 1.76. The number of carbonyl (C=O) groups is 2. The topological polar surface area (TPSA) is 49.4 Å². The van der Waals surface area contributed by atoms with Crippen molar-refractivity contribution in [1.82, 2.24) is 10.2 Å². The predicted octanol–water partition coefficient (Wildman–Crippen LogP) is 7.33. The molecule has 4 nitrogen and oxygen atoms in total. The Morgan fingerprint density at radius 3 is 1.92 bits per heavy atom. The molecule has 2 unspecified atom stereocenters. The molecular weight excluding hydrogens is 546 g/mol. The summed E-state index contributed by atoms with van der Waals surface area (Å²) in [5, 5.41) is 3.26. The molecule has 0 saturated carbocycles. The number of nitrogens with one attached hydrogen (secondary N) is 1. The van der Waals surface area contributed by atoms with Crippen molar-refractivity contribution in [1.29, 1.82) is 0 Å². The van der Waals surface area contributed by atoms with Crippen LogP contribution in [0.4, 0.5) is 26.3 Å². The Morgan fingerprint density at radius 2 is 1.41 bits per heavy atom. The maximum atomic E-state index is 13.4. The molecule has 0 heterocycles. The Labute approximate surface area is 226 Å². The van der Waals surface area contributed by atoms with Gasteiger partial charge in [0.25, 0.3) is 5.91 Å². The normalized spacial score (nSPS) is 13.5. The van der Waals surface area contributed by atoms with Crippen molar-refractivity contribution < 1.29 is 35.9 Å². The molecule has 39 heavy (non-hydrogen) atoms. The monoisotopic (exact) mass is 570 g/mol. The van der Waals surface area contributed by atoms with E-state index >= 15 is 0 Å². The number of benzene rings is 3. The minimum absolute atomic E-state index is 0.0413. The summed E-state index contributed by atoms with van der Waals surface area (Å²) in [5.41, 5.74) is -2.50. The average molecular weight is 571 g/mol. The number of rotatable bonds is 8. The number of hydrogen-bond donors (Lipinski definition) is 1. The Hall–Kier alpha value is -3.53. The van der Waals surface area contributed by atoms with Crippen LogP contribution >= 0.6 is 11.6 Å². The van der Waals surface area contributed by atoms with Crippen LogP contribution in [0.1, 0.15) is 52.0 Å². The first-order valence-corrected chi connectivity index (χ1v) is 12.2. The van der Waals surface area contributed by atoms with Gasteiger partial charge in [0.15, 0.2) is 0 Å². The van der Waals surface area contributed by atoms with Crippen molar-refractivity contribution in [2.24, 2.45) is 0 Å². The molecule has 0 aliphatic carbocycles. The highest BCUT2D eigenvalue weighted by Gasteiger charge is 2.38. The second kappa shape index (κ2) is 12.1. The molecule has 3 rings (SSSR count). The number of likely N-dealkylation sites (N-methyl/N-ethyl adjacent to an activating group) is 1. The van der Waals surface area contributed by atoms with Gasteiger partial charge in [0.05, 0.1) is 17.2 Å². The summed E-state index contributed by atoms with van der Waals surface area (Å²) < 4.78 is 80.1. The standard InChI is InChI=1S/C28H25ClF6N2O2/c1-17(19-6-4-3-5-7-19)36-25(38)16-24(12-18-8-10-23(29)11-9-18)37(2)26(39)20-13-21(27(30,31)32)15-22(14-20)28(33,34)35/h3-11,13-15,17,24H,12,16H2,1-2H3,(H,36,38). The molecule has 0 bridgehead atoms. The van der Waals surface area contributed by atoms with Gasteiger partial charge < -0.3 is 10.2 Å². The lowest BCUT2D eigenvalue weighted by molar-refractivity contribution is -0.143. The lowest BCUT2D eigenvalue weighted by Crippen LogP contribution is -2.42. The minimum Gasteiger partial charge on any atom is -0.350 e. The van der Waals surface area contributed by atoms with Crippen LogP contribution < -0.4 is 5.32 Å². The molecule has 0 saturated heterocycles. The van der Waals surface area contributed by atoms with Crippen LogP contribution in [0.15, 0.2) is 72.8 Å². The summed E-state index contributed by atoms with van der Waals surface area (Å²) in [4.78, 5) is 27.2. The number of hydrogen-bond acceptors (Lipinski definition) is 2. The van der Waals surface area contributed by atoms with E-state index in [4.69, 9.17) is 11.6 Å². The van der Waals surface area contributed by atoms with Gasteiger partial charge in [-0.15, -0.1) is 0 Å². The van der Waals surface area contributed by atoms with Gasteiger partial charge in [0.1, 0.15) is 0 Å². The lowest BCUT2D eigenvalue weighted by atomic mass is 9.99. The Morgan fingerprint density at radius 1 is 0.872 bits per heavy atom. The first kappa shape index (κ1) is 30.0. The Kier molecular flexibility index (Phi) is 9.32. The van der Waals surface area contributed by atoms with E-state index in [-0.39, 0.29) is 24.9 Å². The molecule has 0 radical (unpaired) electrons. The van der Waals surface area contributed by atoms with Gasteiger partial charge in [0.2, 0.25) is 5.91 Å². The highest BCUT2D eigenvalue weighted by Crippen LogP contribution is 2.36. The van der Waals surface area contributed by atoms with Gasteiger partial charge in [-0.25, -0.2) is 0 Å². The first-order chi connectivity index (χ1) is 18.1. The van der Waals surface area contributed by atoms with Crippen LogP contribution in [0.25, 0.3) is 0 Å². The van der Waals surface area contributed by atoms with Crippen LogP contribution in [0.3, 0.4) is 0 Å². The van der Waals surface area contributed by atoms with Crippen molar-refractivity contribution >= 4 is 23.4 Å². The van der Waals surface area contributed by atoms with E-state index < -0.39 is 46.9 Å². The van der Waals surface area contributed by atoms with Crippen LogP contribution in [-0.4, -0.2) is 29.8 Å². The second-order valence-corrected chi connectivity index (χ2v) is 9.54. The number of amides is 2. The van der Waals surface area contributed by atoms with Crippen molar-refractivity contribution in [2.75, 3.05) is 7.05 Å². The summed E-state index contributed by atoms with van der Waals surface area (Å²) in [6.07, 6.45) is -10.4. The van der Waals surface area contributed by atoms with Gasteiger partial charge in [-0.3, -0.25) is 9.59 Å². The Bertz CT molecular complexity index is 1260. The fourth-order valence-electron chi connectivity index (χ4n) is 4.03. The molecule has 1 N–H and O–H groups in total. The van der Waals surface area contributed by atoms with E-state index in [1.54, 1.807) is 43.3 Å². The van der Waals surface area contributed by atoms with Crippen molar-refractivity contribution in [3.8, 4) is 0 Å². The van der Waals surface area contributed by atoms with E-state index in [2.05, 4.69) is 5.32 Å². The predicted molar refractivity (Wildman–Crippen MR) is 135 cm³/mol. The van der Waals surface area contributed by atoms with E-state index in [1.807, 2.05) is 18.2 Å². The van der Waals surface area contributed by atoms with Gasteiger partial charge in [-0.1, -0.05) is 54.1 Å². The third kappa shape index (κ3) is 8.23. The molecule has 11 heteroatoms. The molecule has 2 amide bonds. The number of alkyl halides is 6. The average Bonchev–Trinajstić information content (AvgIpc) is 2.87. The van der Waals surface area contributed by atoms with Gasteiger partial charge in [-0.05, 0) is 54.8 Å². The third-order valence-electron chi connectivity index (χ3n) is 6.19. The SMILES string of the molecule is CC(NC(=O)CC(Cc1ccc(Cl)cc1)N(C)C(=O)c1cc(C(F)(F)F)cc(C(F)(F)F)c1)c1ccccc1. The summed E-state index contributed by atoms with van der Waals surface area (Å²) >= 11 is 5.93. The smallest absolute Gasteiger partial charge is 0.350 e. The van der Waals surface area contributed by atoms with Crippen LogP contribution in [0.5, 0.6) is 0 Å². The quantitative estimate of drug-likeness (QED) is 0.288. The van der Waals surface area contributed by atoms with Crippen LogP contribution in [0.2, 0.25) is 5.02 Å². The molecule has 0 aromatic heterocycles. The van der Waals surface area contributed by atoms with Gasteiger partial charge in [-0.2, -0.15) is 26.3 Å². The zero-order valence-electron chi connectivity index (χ0n) is 20.9. The fraction of sp³-hybridized carbons (Fsp3) is 0.286. The van der Waals surface area contributed by atoms with Gasteiger partial charge >= 0.3 is 12.4 Å². The molecule has 0 spiro atoms. The number of nitrogens with zero attached hydrogens (tertiary/aromatic N) is 1. The fourth-order valence-corrected chi connectivity index (χ4v) is 4.15. The highest BCUT2D eigenvalue weighted by molar-refractivity contribution is 6.30. The molecule has 0 aliphatic heterocycles. The third-order valence-corrected chi connectivity index (χ3v) is 6.44. The highest BCUT2D eigenvalue weighted by atomic mass is 35.5. The largest absolute Gasteiger partial charge is 0.416 e. The molecule has 0 fully saturated rings. The molecule has 208 valence electrons. The molecule has 3 aromatic carbocycles. The van der Waals surface area contributed by atoms with E-state index in [0.717, 1.165) is 10.5 Å². The van der Waals surface area contributed by atoms with E-state index in [1.165, 1.54) is 7.05 Å².